The van der Waals surface area contributed by atoms with Gasteiger partial charge in [0, 0.05) is 62.3 Å². The third-order valence-corrected chi connectivity index (χ3v) is 5.47. The van der Waals surface area contributed by atoms with Crippen LogP contribution < -0.4 is 4.90 Å². The third kappa shape index (κ3) is 3.02. The Balaban J connectivity index is 1.35. The van der Waals surface area contributed by atoms with Crippen LogP contribution in [0.25, 0.3) is 0 Å². The number of hydrogen-bond acceptors (Lipinski definition) is 5. The van der Waals surface area contributed by atoms with Crippen molar-refractivity contribution >= 4 is 5.82 Å². The molecule has 6 nitrogen and oxygen atoms in total. The molecular weight excluding hydrogens is 300 g/mol. The van der Waals surface area contributed by atoms with Gasteiger partial charge in [0.2, 0.25) is 0 Å². The summed E-state index contributed by atoms with van der Waals surface area (Å²) in [6.45, 7) is 6.46. The lowest BCUT2D eigenvalue weighted by atomic mass is 10.0. The van der Waals surface area contributed by atoms with Gasteiger partial charge in [-0.1, -0.05) is 0 Å². The van der Waals surface area contributed by atoms with Crippen LogP contribution in [0.1, 0.15) is 36.2 Å². The lowest BCUT2D eigenvalue weighted by Gasteiger charge is -2.37. The van der Waals surface area contributed by atoms with Crippen LogP contribution in [0, 0.1) is 6.92 Å². The van der Waals surface area contributed by atoms with Crippen molar-refractivity contribution in [1.29, 1.82) is 0 Å². The fourth-order valence-electron chi connectivity index (χ4n) is 3.99. The van der Waals surface area contributed by atoms with E-state index in [1.54, 1.807) is 6.33 Å². The summed E-state index contributed by atoms with van der Waals surface area (Å²) in [6, 6.07) is 2.64. The molecular formula is C18H26N6. The second-order valence-corrected chi connectivity index (χ2v) is 7.08. The summed E-state index contributed by atoms with van der Waals surface area (Å²) in [6.07, 6.45) is 8.56. The van der Waals surface area contributed by atoms with Crippen LogP contribution >= 0.6 is 0 Å². The average molecular weight is 326 g/mol. The maximum absolute atomic E-state index is 4.52. The van der Waals surface area contributed by atoms with Crippen LogP contribution in [0.4, 0.5) is 5.82 Å². The predicted octanol–water partition coefficient (Wildman–Crippen LogP) is 2.03. The van der Waals surface area contributed by atoms with Gasteiger partial charge in [0.15, 0.2) is 0 Å². The number of hydrogen-bond donors (Lipinski definition) is 0. The molecule has 128 valence electrons. The topological polar surface area (TPSA) is 50.1 Å². The van der Waals surface area contributed by atoms with Crippen molar-refractivity contribution in [3.63, 3.8) is 0 Å². The minimum atomic E-state index is 0.563. The number of nitrogens with zero attached hydrogens (tertiary/aromatic N) is 6. The molecule has 24 heavy (non-hydrogen) atoms. The third-order valence-electron chi connectivity index (χ3n) is 5.47. The highest BCUT2D eigenvalue weighted by Gasteiger charge is 2.25. The smallest absolute Gasteiger partial charge is 0.132 e. The second-order valence-electron chi connectivity index (χ2n) is 7.08. The van der Waals surface area contributed by atoms with E-state index in [2.05, 4.69) is 48.9 Å². The molecule has 0 amide bonds. The van der Waals surface area contributed by atoms with Gasteiger partial charge in [-0.2, -0.15) is 5.10 Å². The van der Waals surface area contributed by atoms with Gasteiger partial charge < -0.3 is 4.90 Å². The molecule has 6 heteroatoms. The van der Waals surface area contributed by atoms with Crippen molar-refractivity contribution in [1.82, 2.24) is 24.6 Å². The lowest BCUT2D eigenvalue weighted by Crippen LogP contribution is -2.43. The molecule has 0 saturated carbocycles. The molecule has 1 fully saturated rings. The first-order valence-electron chi connectivity index (χ1n) is 8.98. The van der Waals surface area contributed by atoms with E-state index >= 15 is 0 Å². The van der Waals surface area contributed by atoms with E-state index in [9.17, 15) is 0 Å². The Morgan fingerprint density at radius 2 is 2.04 bits per heavy atom. The van der Waals surface area contributed by atoms with Crippen molar-refractivity contribution in [3.05, 3.63) is 35.5 Å². The Kier molecular flexibility index (Phi) is 4.22. The summed E-state index contributed by atoms with van der Waals surface area (Å²) >= 11 is 0. The molecule has 0 aliphatic carbocycles. The predicted molar refractivity (Wildman–Crippen MR) is 94.0 cm³/mol. The summed E-state index contributed by atoms with van der Waals surface area (Å²) in [5.41, 5.74) is 3.93. The van der Waals surface area contributed by atoms with Gasteiger partial charge in [-0.05, 0) is 32.6 Å². The number of fused-ring (bicyclic) bond motifs is 1. The van der Waals surface area contributed by atoms with Gasteiger partial charge in [0.05, 0.1) is 6.20 Å². The minimum Gasteiger partial charge on any atom is -0.356 e. The molecule has 0 spiro atoms. The molecule has 0 bridgehead atoms. The van der Waals surface area contributed by atoms with Crippen LogP contribution in [0.5, 0.6) is 0 Å². The van der Waals surface area contributed by atoms with Gasteiger partial charge >= 0.3 is 0 Å². The molecule has 0 aromatic carbocycles. The summed E-state index contributed by atoms with van der Waals surface area (Å²) < 4.78 is 2.19. The number of likely N-dealkylation sites (tertiary alicyclic amines) is 1. The van der Waals surface area contributed by atoms with Crippen molar-refractivity contribution in [2.75, 3.05) is 25.0 Å². The number of rotatable bonds is 4. The zero-order valence-electron chi connectivity index (χ0n) is 14.6. The van der Waals surface area contributed by atoms with E-state index in [0.29, 0.717) is 6.04 Å². The normalized spacial score (nSPS) is 18.8. The molecule has 1 saturated heterocycles. The van der Waals surface area contributed by atoms with E-state index in [1.165, 1.54) is 36.9 Å². The zero-order chi connectivity index (χ0) is 16.5. The molecule has 4 heterocycles. The summed E-state index contributed by atoms with van der Waals surface area (Å²) in [5.74, 6) is 1.04. The van der Waals surface area contributed by atoms with Crippen molar-refractivity contribution in [2.24, 2.45) is 0 Å². The highest BCUT2D eigenvalue weighted by atomic mass is 15.3. The monoisotopic (exact) mass is 326 g/mol. The van der Waals surface area contributed by atoms with Crippen molar-refractivity contribution in [3.8, 4) is 0 Å². The highest BCUT2D eigenvalue weighted by molar-refractivity contribution is 5.39. The number of piperidine rings is 1. The lowest BCUT2D eigenvalue weighted by molar-refractivity contribution is 0.202. The van der Waals surface area contributed by atoms with Gasteiger partial charge in [-0.3, -0.25) is 9.58 Å². The molecule has 2 aromatic heterocycles. The maximum Gasteiger partial charge on any atom is 0.132 e. The van der Waals surface area contributed by atoms with E-state index < -0.39 is 0 Å². The van der Waals surface area contributed by atoms with Crippen LogP contribution in [0.15, 0.2) is 18.6 Å². The second kappa shape index (κ2) is 6.51. The average Bonchev–Trinajstić information content (AvgIpc) is 3.20. The Morgan fingerprint density at radius 3 is 2.83 bits per heavy atom. The molecule has 0 radical (unpaired) electrons. The van der Waals surface area contributed by atoms with Crippen LogP contribution in [-0.2, 0) is 19.5 Å². The van der Waals surface area contributed by atoms with Crippen LogP contribution in [0.2, 0.25) is 0 Å². The summed E-state index contributed by atoms with van der Waals surface area (Å²) in [4.78, 5) is 13.5. The first-order chi connectivity index (χ1) is 11.7. The first-order valence-corrected chi connectivity index (χ1v) is 8.98. The highest BCUT2D eigenvalue weighted by Crippen LogP contribution is 2.24. The molecule has 0 unspecified atom stereocenters. The molecule has 2 aliphatic heterocycles. The van der Waals surface area contributed by atoms with Gasteiger partial charge in [-0.15, -0.1) is 0 Å². The number of aromatic nitrogens is 4. The molecule has 0 atom stereocenters. The standard InChI is InChI=1S/C18H26N6/c1-14-10-18(20-13-19-14)22(2)16-5-8-23(9-6-16)12-15-11-21-24-7-3-4-17(15)24/h10-11,13,16H,3-9,12H2,1-2H3. The summed E-state index contributed by atoms with van der Waals surface area (Å²) in [7, 11) is 2.16. The molecule has 4 rings (SSSR count). The number of aryl methyl sites for hydroxylation is 2. The van der Waals surface area contributed by atoms with Gasteiger partial charge in [0.1, 0.15) is 12.1 Å². The Hall–Kier alpha value is -1.95. The van der Waals surface area contributed by atoms with Crippen LogP contribution in [0.3, 0.4) is 0 Å². The Bertz CT molecular complexity index is 701. The molecule has 0 N–H and O–H groups in total. The van der Waals surface area contributed by atoms with Crippen LogP contribution in [-0.4, -0.2) is 50.8 Å². The SMILES string of the molecule is Cc1cc(N(C)C2CCN(Cc3cnn4c3CCC4)CC2)ncn1. The van der Waals surface area contributed by atoms with E-state index in [1.807, 2.05) is 6.92 Å². The zero-order valence-corrected chi connectivity index (χ0v) is 14.6. The van der Waals surface area contributed by atoms with Crippen molar-refractivity contribution in [2.45, 2.75) is 51.7 Å². The largest absolute Gasteiger partial charge is 0.356 e. The quantitative estimate of drug-likeness (QED) is 0.860. The van der Waals surface area contributed by atoms with Crippen molar-refractivity contribution < 1.29 is 0 Å². The van der Waals surface area contributed by atoms with E-state index in [4.69, 9.17) is 0 Å². The Labute approximate surface area is 143 Å². The molecule has 2 aliphatic rings. The number of anilines is 1. The maximum atomic E-state index is 4.52. The van der Waals surface area contributed by atoms with Gasteiger partial charge in [-0.25, -0.2) is 9.97 Å². The van der Waals surface area contributed by atoms with E-state index in [0.717, 1.165) is 37.7 Å². The fraction of sp³-hybridized carbons (Fsp3) is 0.611. The molecule has 2 aromatic rings. The minimum absolute atomic E-state index is 0.563. The van der Waals surface area contributed by atoms with Gasteiger partial charge in [0.25, 0.3) is 0 Å². The Morgan fingerprint density at radius 1 is 1.21 bits per heavy atom. The van der Waals surface area contributed by atoms with E-state index in [-0.39, 0.29) is 0 Å². The fourth-order valence-corrected chi connectivity index (χ4v) is 3.99. The first kappa shape index (κ1) is 15.6. The summed E-state index contributed by atoms with van der Waals surface area (Å²) in [5, 5.41) is 4.52.